The summed E-state index contributed by atoms with van der Waals surface area (Å²) in [6.45, 7) is 6.05. The van der Waals surface area contributed by atoms with Crippen LogP contribution in [0.25, 0.3) is 22.4 Å². The Morgan fingerprint density at radius 3 is 2.62 bits per heavy atom. The van der Waals surface area contributed by atoms with Crippen LogP contribution < -0.4 is 5.32 Å². The lowest BCUT2D eigenvalue weighted by atomic mass is 10.0. The molecular weight excluding hydrogens is 513 g/mol. The highest BCUT2D eigenvalue weighted by Crippen LogP contribution is 2.44. The number of nitrogens with one attached hydrogen (secondary N) is 1. The van der Waals surface area contributed by atoms with Gasteiger partial charge < -0.3 is 14.3 Å². The van der Waals surface area contributed by atoms with Gasteiger partial charge in [-0.25, -0.2) is 9.19 Å². The number of nitrogens with zero attached hydrogens (tertiary/aromatic N) is 2. The fourth-order valence-electron chi connectivity index (χ4n) is 4.18. The van der Waals surface area contributed by atoms with Crippen molar-refractivity contribution in [2.75, 3.05) is 33.0 Å². The van der Waals surface area contributed by atoms with Crippen LogP contribution in [0, 0.1) is 6.92 Å². The molecule has 2 atom stereocenters. The van der Waals surface area contributed by atoms with Crippen LogP contribution in [0.15, 0.2) is 34.7 Å². The third-order valence-corrected chi connectivity index (χ3v) is 9.25. The number of fused-ring (bicyclic) bond motifs is 1. The molecule has 4 rings (SSSR count). The van der Waals surface area contributed by atoms with Crippen molar-refractivity contribution in [3.8, 4) is 11.3 Å². The Labute approximate surface area is 219 Å². The summed E-state index contributed by atoms with van der Waals surface area (Å²) in [6, 6.07) is 9.70. The van der Waals surface area contributed by atoms with Gasteiger partial charge in [-0.2, -0.15) is 4.31 Å². The highest BCUT2D eigenvalue weighted by molar-refractivity contribution is 7.76. The molecular formula is C26H34N3O6PS. The van der Waals surface area contributed by atoms with Gasteiger partial charge in [-0.05, 0) is 43.7 Å². The van der Waals surface area contributed by atoms with E-state index >= 15 is 0 Å². The highest BCUT2D eigenvalue weighted by atomic mass is 32.2. The minimum Gasteiger partial charge on any atom is -0.437 e. The molecule has 2 N–H and O–H groups in total. The quantitative estimate of drug-likeness (QED) is 0.179. The van der Waals surface area contributed by atoms with Gasteiger partial charge in [0.05, 0.1) is 29.8 Å². The van der Waals surface area contributed by atoms with Gasteiger partial charge in [-0.3, -0.25) is 13.9 Å². The average Bonchev–Trinajstić information content (AvgIpc) is 3.65. The van der Waals surface area contributed by atoms with Gasteiger partial charge in [-0.1, -0.05) is 36.8 Å². The number of rotatable bonds is 12. The zero-order valence-corrected chi connectivity index (χ0v) is 23.4. The summed E-state index contributed by atoms with van der Waals surface area (Å²) in [4.78, 5) is 17.7. The molecule has 2 heterocycles. The van der Waals surface area contributed by atoms with Crippen molar-refractivity contribution in [1.29, 1.82) is 0 Å². The first-order chi connectivity index (χ1) is 17.6. The van der Waals surface area contributed by atoms with Gasteiger partial charge >= 0.3 is 0 Å². The molecule has 0 aliphatic heterocycles. The second-order valence-corrected chi connectivity index (χ2v) is 13.4. The SMILES string of the molecule is CCP(C)(=O)OCCCN(Cc1nc2oc(-c3ccc(C)cc3)c(C(=O)NC)c2cc1C1CC1)S(=O)O. The summed E-state index contributed by atoms with van der Waals surface area (Å²) in [7, 11) is -1.04. The zero-order chi connectivity index (χ0) is 26.7. The van der Waals surface area contributed by atoms with E-state index in [4.69, 9.17) is 13.9 Å². The zero-order valence-electron chi connectivity index (χ0n) is 21.7. The average molecular weight is 548 g/mol. The second kappa shape index (κ2) is 11.6. The van der Waals surface area contributed by atoms with Crippen LogP contribution in [0.1, 0.15) is 59.3 Å². The van der Waals surface area contributed by atoms with E-state index in [0.717, 1.165) is 29.5 Å². The third-order valence-electron chi connectivity index (χ3n) is 6.62. The molecule has 1 fully saturated rings. The molecule has 0 radical (unpaired) electrons. The molecule has 11 heteroatoms. The molecule has 1 saturated carbocycles. The van der Waals surface area contributed by atoms with Gasteiger partial charge in [0.15, 0.2) is 7.37 Å². The van der Waals surface area contributed by atoms with E-state index in [1.807, 2.05) is 44.2 Å². The molecule has 1 amide bonds. The lowest BCUT2D eigenvalue weighted by molar-refractivity contribution is 0.0964. The number of pyridine rings is 1. The van der Waals surface area contributed by atoms with Crippen molar-refractivity contribution in [3.63, 3.8) is 0 Å². The van der Waals surface area contributed by atoms with Crippen molar-refractivity contribution in [2.24, 2.45) is 0 Å². The Kier molecular flexibility index (Phi) is 8.66. The Morgan fingerprint density at radius 2 is 2.03 bits per heavy atom. The number of carbonyl (C=O) groups is 1. The van der Waals surface area contributed by atoms with Gasteiger partial charge in [-0.15, -0.1) is 0 Å². The van der Waals surface area contributed by atoms with Crippen molar-refractivity contribution in [2.45, 2.75) is 45.6 Å². The van der Waals surface area contributed by atoms with Crippen LogP contribution >= 0.6 is 7.37 Å². The molecule has 0 saturated heterocycles. The van der Waals surface area contributed by atoms with Crippen LogP contribution in [0.3, 0.4) is 0 Å². The lowest BCUT2D eigenvalue weighted by Crippen LogP contribution is -2.28. The van der Waals surface area contributed by atoms with E-state index in [1.54, 1.807) is 13.7 Å². The molecule has 0 bridgehead atoms. The normalized spacial score (nSPS) is 16.2. The van der Waals surface area contributed by atoms with Gasteiger partial charge in [0.25, 0.3) is 5.91 Å². The van der Waals surface area contributed by atoms with Gasteiger partial charge in [0.1, 0.15) is 5.76 Å². The minimum atomic E-state index is -2.62. The summed E-state index contributed by atoms with van der Waals surface area (Å²) < 4.78 is 47.3. The molecule has 2 unspecified atom stereocenters. The molecule has 37 heavy (non-hydrogen) atoms. The van der Waals surface area contributed by atoms with E-state index in [9.17, 15) is 18.1 Å². The highest BCUT2D eigenvalue weighted by Gasteiger charge is 2.31. The number of aromatic nitrogens is 1. The third kappa shape index (κ3) is 6.56. The van der Waals surface area contributed by atoms with Crippen LogP contribution in [0.4, 0.5) is 0 Å². The maximum atomic E-state index is 12.9. The number of aryl methyl sites for hydroxylation is 1. The van der Waals surface area contributed by atoms with Crippen molar-refractivity contribution in [3.05, 3.63) is 52.7 Å². The molecule has 1 aliphatic rings. The lowest BCUT2D eigenvalue weighted by Gasteiger charge is -2.19. The monoisotopic (exact) mass is 547 g/mol. The maximum Gasteiger partial charge on any atom is 0.255 e. The second-order valence-electron chi connectivity index (χ2n) is 9.51. The predicted molar refractivity (Wildman–Crippen MR) is 145 cm³/mol. The van der Waals surface area contributed by atoms with E-state index in [-0.39, 0.29) is 31.5 Å². The molecule has 9 nitrogen and oxygen atoms in total. The van der Waals surface area contributed by atoms with Crippen LogP contribution in [0.5, 0.6) is 0 Å². The van der Waals surface area contributed by atoms with E-state index in [2.05, 4.69) is 5.32 Å². The molecule has 200 valence electrons. The Hall–Kier alpha value is -2.36. The summed E-state index contributed by atoms with van der Waals surface area (Å²) in [5, 5.41) is 3.34. The summed E-state index contributed by atoms with van der Waals surface area (Å²) in [6.07, 6.45) is 2.89. The molecule has 1 aromatic carbocycles. The molecule has 0 spiro atoms. The predicted octanol–water partition coefficient (Wildman–Crippen LogP) is 5.31. The van der Waals surface area contributed by atoms with Crippen molar-refractivity contribution >= 4 is 35.6 Å². The first-order valence-electron chi connectivity index (χ1n) is 12.5. The number of benzene rings is 1. The maximum absolute atomic E-state index is 12.9. The summed E-state index contributed by atoms with van der Waals surface area (Å²) >= 11 is -2.23. The van der Waals surface area contributed by atoms with E-state index in [0.29, 0.717) is 40.7 Å². The number of amides is 1. The van der Waals surface area contributed by atoms with Crippen LogP contribution in [-0.2, 0) is 26.9 Å². The molecule has 3 aromatic rings. The van der Waals surface area contributed by atoms with Gasteiger partial charge in [0, 0.05) is 32.0 Å². The fourth-order valence-corrected chi connectivity index (χ4v) is 5.39. The van der Waals surface area contributed by atoms with Gasteiger partial charge in [0.2, 0.25) is 17.0 Å². The summed E-state index contributed by atoms with van der Waals surface area (Å²) in [5.74, 6) is 0.472. The smallest absolute Gasteiger partial charge is 0.255 e. The van der Waals surface area contributed by atoms with E-state index in [1.165, 1.54) is 4.31 Å². The van der Waals surface area contributed by atoms with Crippen LogP contribution in [-0.4, -0.2) is 57.0 Å². The molecule has 1 aliphatic carbocycles. The number of furan rings is 1. The van der Waals surface area contributed by atoms with Crippen LogP contribution in [0.2, 0.25) is 0 Å². The fraction of sp³-hybridized carbons (Fsp3) is 0.462. The van der Waals surface area contributed by atoms with Crippen molar-refractivity contribution < 1.29 is 27.1 Å². The topological polar surface area (TPSA) is 122 Å². The van der Waals surface area contributed by atoms with Crippen molar-refractivity contribution in [1.82, 2.24) is 14.6 Å². The largest absolute Gasteiger partial charge is 0.437 e. The number of hydrogen-bond donors (Lipinski definition) is 2. The Bertz CT molecular complexity index is 1350. The summed E-state index contributed by atoms with van der Waals surface area (Å²) in [5.41, 5.74) is 4.23. The first kappa shape index (κ1) is 27.7. The number of hydrogen-bond acceptors (Lipinski definition) is 6. The first-order valence-corrected chi connectivity index (χ1v) is 15.8. The Balaban J connectivity index is 1.68. The molecule has 2 aromatic heterocycles. The standard InChI is InChI=1S/C26H34N3O6PS/c1-5-36(4,31)34-14-6-13-29(37(32)33)16-22-20(18-11-12-18)15-21-23(25(30)27-3)24(35-26(21)28-22)19-9-7-17(2)8-10-19/h7-10,15,18H,5-6,11-14,16H2,1-4H3,(H,27,30)(H,32,33). The van der Waals surface area contributed by atoms with E-state index < -0.39 is 18.6 Å². The minimum absolute atomic E-state index is 0.137. The number of carbonyl (C=O) groups excluding carboxylic acids is 1. The Morgan fingerprint density at radius 1 is 1.32 bits per heavy atom.